The van der Waals surface area contributed by atoms with Crippen molar-refractivity contribution < 1.29 is 19.1 Å². The summed E-state index contributed by atoms with van der Waals surface area (Å²) in [5, 5.41) is 6.48. The zero-order valence-electron chi connectivity index (χ0n) is 20.1. The summed E-state index contributed by atoms with van der Waals surface area (Å²) in [6.45, 7) is 13.6. The van der Waals surface area contributed by atoms with Gasteiger partial charge in [0.1, 0.15) is 11.7 Å². The predicted molar refractivity (Wildman–Crippen MR) is 121 cm³/mol. The molecule has 9 heteroatoms. The fourth-order valence-corrected chi connectivity index (χ4v) is 3.94. The van der Waals surface area contributed by atoms with Crippen LogP contribution in [0.4, 0.5) is 4.79 Å². The Balaban J connectivity index is 1.89. The van der Waals surface area contributed by atoms with Gasteiger partial charge < -0.3 is 29.9 Å². The Hall–Kier alpha value is -2.03. The van der Waals surface area contributed by atoms with Crippen LogP contribution in [-0.2, 0) is 14.3 Å². The highest BCUT2D eigenvalue weighted by Gasteiger charge is 2.33. The number of guanidine groups is 1. The van der Waals surface area contributed by atoms with Crippen LogP contribution < -0.4 is 10.6 Å². The summed E-state index contributed by atoms with van der Waals surface area (Å²) in [5.41, 5.74) is -0.975. The van der Waals surface area contributed by atoms with Crippen molar-refractivity contribution in [3.63, 3.8) is 0 Å². The summed E-state index contributed by atoms with van der Waals surface area (Å²) in [4.78, 5) is 33.4. The average molecular weight is 440 g/mol. The molecule has 0 spiro atoms. The predicted octanol–water partition coefficient (Wildman–Crippen LogP) is 1.97. The van der Waals surface area contributed by atoms with Crippen LogP contribution >= 0.6 is 0 Å². The van der Waals surface area contributed by atoms with Gasteiger partial charge in [-0.25, -0.2) is 4.79 Å². The number of hydrogen-bond donors (Lipinski definition) is 2. The second kappa shape index (κ2) is 11.0. The van der Waals surface area contributed by atoms with E-state index in [2.05, 4.69) is 34.4 Å². The van der Waals surface area contributed by atoms with Crippen LogP contribution in [0.1, 0.15) is 60.3 Å². The number of nitrogens with zero attached hydrogens (tertiary/aromatic N) is 3. The lowest BCUT2D eigenvalue weighted by Gasteiger charge is -2.39. The largest absolute Gasteiger partial charge is 0.444 e. The lowest BCUT2D eigenvalue weighted by atomic mass is 9.93. The minimum absolute atomic E-state index is 0.109. The fraction of sp³-hybridized carbons (Fsp3) is 0.864. The zero-order valence-corrected chi connectivity index (χ0v) is 20.1. The van der Waals surface area contributed by atoms with Crippen LogP contribution in [0.25, 0.3) is 0 Å². The Labute approximate surface area is 186 Å². The number of amides is 2. The number of alkyl carbamates (subject to hydrolysis) is 1. The van der Waals surface area contributed by atoms with Crippen molar-refractivity contribution in [1.29, 1.82) is 0 Å². The molecule has 1 unspecified atom stereocenters. The molecule has 2 heterocycles. The van der Waals surface area contributed by atoms with Crippen molar-refractivity contribution in [2.45, 2.75) is 77.5 Å². The zero-order chi connectivity index (χ0) is 23.1. The van der Waals surface area contributed by atoms with Gasteiger partial charge in [-0.05, 0) is 46.5 Å². The molecule has 2 aliphatic rings. The third-order valence-corrected chi connectivity index (χ3v) is 6.01. The van der Waals surface area contributed by atoms with Gasteiger partial charge >= 0.3 is 6.09 Å². The third kappa shape index (κ3) is 7.26. The average Bonchev–Trinajstić information content (AvgIpc) is 3.27. The molecule has 2 rings (SSSR count). The van der Waals surface area contributed by atoms with Crippen LogP contribution in [-0.4, -0.2) is 91.4 Å². The molecule has 0 aliphatic carbocycles. The minimum atomic E-state index is -0.540. The maximum atomic E-state index is 12.6. The molecule has 9 nitrogen and oxygen atoms in total. The normalized spacial score (nSPS) is 20.6. The first-order valence-corrected chi connectivity index (χ1v) is 11.5. The number of nitrogens with one attached hydrogen (secondary N) is 2. The highest BCUT2D eigenvalue weighted by Crippen LogP contribution is 2.18. The van der Waals surface area contributed by atoms with Gasteiger partial charge in [-0.15, -0.1) is 0 Å². The maximum Gasteiger partial charge on any atom is 0.408 e. The lowest BCUT2D eigenvalue weighted by molar-refractivity contribution is -0.142. The summed E-state index contributed by atoms with van der Waals surface area (Å²) in [5.74, 6) is 0.888. The van der Waals surface area contributed by atoms with E-state index in [1.165, 1.54) is 0 Å². The smallest absolute Gasteiger partial charge is 0.408 e. The van der Waals surface area contributed by atoms with Crippen molar-refractivity contribution in [2.75, 3.05) is 46.4 Å². The molecule has 2 amide bonds. The van der Waals surface area contributed by atoms with Gasteiger partial charge in [-0.2, -0.15) is 0 Å². The van der Waals surface area contributed by atoms with Crippen LogP contribution in [0.3, 0.4) is 0 Å². The molecule has 31 heavy (non-hydrogen) atoms. The SMILES string of the molecule is CCC(CC)(CNC(=NC)N1CCN(C(=O)C2CCCO2)CC1)NC(=O)OC(C)(C)C. The lowest BCUT2D eigenvalue weighted by Crippen LogP contribution is -2.59. The molecule has 178 valence electrons. The quantitative estimate of drug-likeness (QED) is 0.485. The van der Waals surface area contributed by atoms with Crippen LogP contribution in [0.5, 0.6) is 0 Å². The molecule has 0 aromatic carbocycles. The first kappa shape index (κ1) is 25.2. The number of hydrogen-bond acceptors (Lipinski definition) is 5. The number of ether oxygens (including phenoxy) is 2. The molecule has 0 aromatic rings. The van der Waals surface area contributed by atoms with Crippen molar-refractivity contribution in [3.05, 3.63) is 0 Å². The minimum Gasteiger partial charge on any atom is -0.444 e. The fourth-order valence-electron chi connectivity index (χ4n) is 3.94. The van der Waals surface area contributed by atoms with E-state index >= 15 is 0 Å². The Bertz CT molecular complexity index is 628. The molecule has 0 bridgehead atoms. The second-order valence-corrected chi connectivity index (χ2v) is 9.33. The number of aliphatic imine (C=N–C) groups is 1. The van der Waals surface area contributed by atoms with E-state index in [1.54, 1.807) is 7.05 Å². The Morgan fingerprint density at radius 3 is 2.19 bits per heavy atom. The van der Waals surface area contributed by atoms with Gasteiger partial charge in [0.15, 0.2) is 5.96 Å². The number of carbonyl (C=O) groups excluding carboxylic acids is 2. The van der Waals surface area contributed by atoms with E-state index in [0.29, 0.717) is 39.3 Å². The molecule has 0 aromatic heterocycles. The molecule has 0 radical (unpaired) electrons. The van der Waals surface area contributed by atoms with E-state index in [-0.39, 0.29) is 12.0 Å². The van der Waals surface area contributed by atoms with E-state index in [0.717, 1.165) is 31.6 Å². The topological polar surface area (TPSA) is 95.5 Å². The van der Waals surface area contributed by atoms with Crippen LogP contribution in [0, 0.1) is 0 Å². The Kier molecular flexibility index (Phi) is 8.97. The van der Waals surface area contributed by atoms with E-state index in [9.17, 15) is 9.59 Å². The van der Waals surface area contributed by atoms with Gasteiger partial charge in [0, 0.05) is 46.4 Å². The van der Waals surface area contributed by atoms with Gasteiger partial charge in [-0.3, -0.25) is 9.79 Å². The van der Waals surface area contributed by atoms with Gasteiger partial charge in [0.2, 0.25) is 0 Å². The molecule has 0 saturated carbocycles. The second-order valence-electron chi connectivity index (χ2n) is 9.33. The first-order valence-electron chi connectivity index (χ1n) is 11.5. The number of piperazine rings is 1. The molecular weight excluding hydrogens is 398 g/mol. The third-order valence-electron chi connectivity index (χ3n) is 6.01. The summed E-state index contributed by atoms with van der Waals surface area (Å²) >= 11 is 0. The molecule has 2 aliphatic heterocycles. The molecule has 2 fully saturated rings. The van der Waals surface area contributed by atoms with Gasteiger partial charge in [0.05, 0.1) is 5.54 Å². The van der Waals surface area contributed by atoms with E-state index in [4.69, 9.17) is 9.47 Å². The van der Waals surface area contributed by atoms with E-state index < -0.39 is 17.2 Å². The summed E-state index contributed by atoms with van der Waals surface area (Å²) < 4.78 is 11.0. The van der Waals surface area contributed by atoms with Crippen LogP contribution in [0.15, 0.2) is 4.99 Å². The summed E-state index contributed by atoms with van der Waals surface area (Å²) in [7, 11) is 1.76. The maximum absolute atomic E-state index is 12.6. The summed E-state index contributed by atoms with van der Waals surface area (Å²) in [6, 6.07) is 0. The van der Waals surface area contributed by atoms with E-state index in [1.807, 2.05) is 25.7 Å². The monoisotopic (exact) mass is 439 g/mol. The van der Waals surface area contributed by atoms with Crippen molar-refractivity contribution in [1.82, 2.24) is 20.4 Å². The van der Waals surface area contributed by atoms with Crippen molar-refractivity contribution in [2.24, 2.45) is 4.99 Å². The van der Waals surface area contributed by atoms with Gasteiger partial charge in [0.25, 0.3) is 5.91 Å². The van der Waals surface area contributed by atoms with Crippen LogP contribution in [0.2, 0.25) is 0 Å². The highest BCUT2D eigenvalue weighted by atomic mass is 16.6. The molecule has 2 N–H and O–H groups in total. The first-order chi connectivity index (χ1) is 14.6. The molecule has 2 saturated heterocycles. The molecule has 1 atom stereocenters. The Morgan fingerprint density at radius 2 is 1.71 bits per heavy atom. The number of rotatable bonds is 6. The van der Waals surface area contributed by atoms with Crippen molar-refractivity contribution >= 4 is 18.0 Å². The standard InChI is InChI=1S/C22H41N5O4/c1-7-22(8-2,25-20(29)31-21(3,4)5)16-24-19(23-6)27-13-11-26(12-14-27)18(28)17-10-9-15-30-17/h17H,7-16H2,1-6H3,(H,23,24)(H,25,29). The number of carbonyl (C=O) groups is 2. The Morgan fingerprint density at radius 1 is 1.10 bits per heavy atom. The molecular formula is C22H41N5O4. The van der Waals surface area contributed by atoms with Gasteiger partial charge in [-0.1, -0.05) is 13.8 Å². The summed E-state index contributed by atoms with van der Waals surface area (Å²) in [6.07, 6.45) is 2.63. The van der Waals surface area contributed by atoms with Crippen molar-refractivity contribution in [3.8, 4) is 0 Å². The highest BCUT2D eigenvalue weighted by molar-refractivity contribution is 5.83.